The molecule has 0 aliphatic carbocycles. The van der Waals surface area contributed by atoms with Gasteiger partial charge in [0.15, 0.2) is 0 Å². The number of hydrogen-bond donors (Lipinski definition) is 1. The van der Waals surface area contributed by atoms with Crippen molar-refractivity contribution in [3.05, 3.63) is 35.3 Å². The molecule has 8 nitrogen and oxygen atoms in total. The van der Waals surface area contributed by atoms with Crippen LogP contribution in [0.15, 0.2) is 18.2 Å². The number of amides is 1. The minimum atomic E-state index is -3.59. The Balaban J connectivity index is 1.40. The number of rotatable bonds is 4. The van der Waals surface area contributed by atoms with Crippen LogP contribution in [0, 0.1) is 12.7 Å². The first-order valence-electron chi connectivity index (χ1n) is 10.6. The van der Waals surface area contributed by atoms with E-state index in [1.807, 2.05) is 20.8 Å². The topological polar surface area (TPSA) is 86.0 Å². The maximum atomic E-state index is 13.7. The van der Waals surface area contributed by atoms with Gasteiger partial charge in [-0.25, -0.2) is 4.39 Å². The molecule has 2 unspecified atom stereocenters. The summed E-state index contributed by atoms with van der Waals surface area (Å²) in [7, 11) is -3.59. The first-order valence-corrected chi connectivity index (χ1v) is 12.0. The third-order valence-corrected chi connectivity index (χ3v) is 8.01. The second-order valence-electron chi connectivity index (χ2n) is 8.46. The van der Waals surface area contributed by atoms with Crippen molar-refractivity contribution in [3.63, 3.8) is 0 Å². The predicted octanol–water partition coefficient (Wildman–Crippen LogP) is 1.66. The van der Waals surface area contributed by atoms with Crippen LogP contribution in [0.5, 0.6) is 0 Å². The number of hydrogen-bond acceptors (Lipinski definition) is 4. The highest BCUT2D eigenvalue weighted by molar-refractivity contribution is 7.86. The molecular formula is C21H29FN4O4S. The minimum absolute atomic E-state index is 0.0843. The van der Waals surface area contributed by atoms with Gasteiger partial charge in [-0.05, 0) is 44.5 Å². The first-order chi connectivity index (χ1) is 14.6. The fourth-order valence-corrected chi connectivity index (χ4v) is 6.24. The Morgan fingerprint density at radius 1 is 1.13 bits per heavy atom. The normalized spacial score (nSPS) is 24.1. The van der Waals surface area contributed by atoms with Gasteiger partial charge in [0.2, 0.25) is 5.91 Å². The second-order valence-corrected chi connectivity index (χ2v) is 10.4. The number of halogens is 1. The quantitative estimate of drug-likeness (QED) is 0.765. The Kier molecular flexibility index (Phi) is 6.08. The van der Waals surface area contributed by atoms with E-state index in [2.05, 4.69) is 4.98 Å². The molecule has 1 amide bonds. The molecule has 3 heterocycles. The van der Waals surface area contributed by atoms with E-state index in [0.717, 1.165) is 16.8 Å². The highest BCUT2D eigenvalue weighted by Gasteiger charge is 2.37. The Morgan fingerprint density at radius 3 is 2.42 bits per heavy atom. The summed E-state index contributed by atoms with van der Waals surface area (Å²) in [5.74, 6) is -0.426. The summed E-state index contributed by atoms with van der Waals surface area (Å²) in [6, 6.07) is 4.50. The summed E-state index contributed by atoms with van der Waals surface area (Å²) in [6.07, 6.45) is -0.142. The second kappa shape index (κ2) is 8.50. The van der Waals surface area contributed by atoms with Gasteiger partial charge >= 0.3 is 0 Å². The van der Waals surface area contributed by atoms with Crippen LogP contribution in [0.3, 0.4) is 0 Å². The standard InChI is InChI=1S/C21H29FN4O4S/c1-14-12-26(13-15(2)30-14)31(28,29)25-8-6-24(7-9-25)21(27)11-18-16(3)23-20-5-4-17(22)10-19(18)20/h4-5,10,14-15,23H,6-9,11-13H2,1-3H3. The molecule has 0 radical (unpaired) electrons. The Hall–Kier alpha value is -2.01. The number of fused-ring (bicyclic) bond motifs is 1. The van der Waals surface area contributed by atoms with E-state index in [4.69, 9.17) is 4.74 Å². The molecule has 1 aromatic carbocycles. The van der Waals surface area contributed by atoms with Crippen LogP contribution in [-0.4, -0.2) is 84.3 Å². The van der Waals surface area contributed by atoms with Crippen LogP contribution in [0.25, 0.3) is 10.9 Å². The number of aromatic amines is 1. The number of nitrogens with zero attached hydrogens (tertiary/aromatic N) is 3. The molecule has 2 aromatic rings. The van der Waals surface area contributed by atoms with E-state index in [0.29, 0.717) is 31.6 Å². The monoisotopic (exact) mass is 452 g/mol. The summed E-state index contributed by atoms with van der Waals surface area (Å²) < 4.78 is 48.3. The molecule has 31 heavy (non-hydrogen) atoms. The summed E-state index contributed by atoms with van der Waals surface area (Å²) in [5, 5.41) is 0.711. The predicted molar refractivity (Wildman–Crippen MR) is 115 cm³/mol. The van der Waals surface area contributed by atoms with Crippen molar-refractivity contribution in [1.29, 1.82) is 0 Å². The number of H-pyrrole nitrogens is 1. The van der Waals surface area contributed by atoms with Gasteiger partial charge in [-0.3, -0.25) is 4.79 Å². The fraction of sp³-hybridized carbons (Fsp3) is 0.571. The van der Waals surface area contributed by atoms with Crippen molar-refractivity contribution in [3.8, 4) is 0 Å². The Bertz CT molecular complexity index is 1070. The van der Waals surface area contributed by atoms with Crippen LogP contribution in [-0.2, 0) is 26.2 Å². The van der Waals surface area contributed by atoms with Gasteiger partial charge in [-0.15, -0.1) is 0 Å². The molecule has 2 fully saturated rings. The highest BCUT2D eigenvalue weighted by Crippen LogP contribution is 2.25. The van der Waals surface area contributed by atoms with E-state index < -0.39 is 10.2 Å². The lowest BCUT2D eigenvalue weighted by Gasteiger charge is -2.40. The molecule has 1 aromatic heterocycles. The van der Waals surface area contributed by atoms with Crippen LogP contribution in [0.2, 0.25) is 0 Å². The maximum absolute atomic E-state index is 13.7. The number of nitrogens with one attached hydrogen (secondary N) is 1. The van der Waals surface area contributed by atoms with Crippen molar-refractivity contribution in [2.24, 2.45) is 0 Å². The van der Waals surface area contributed by atoms with E-state index >= 15 is 0 Å². The van der Waals surface area contributed by atoms with Gasteiger partial charge in [0.1, 0.15) is 5.82 Å². The molecule has 2 aliphatic rings. The van der Waals surface area contributed by atoms with Crippen LogP contribution < -0.4 is 0 Å². The SMILES string of the molecule is Cc1[nH]c2ccc(F)cc2c1CC(=O)N1CCN(S(=O)(=O)N2CC(C)OC(C)C2)CC1. The average Bonchev–Trinajstić information content (AvgIpc) is 3.02. The minimum Gasteiger partial charge on any atom is -0.373 e. The van der Waals surface area contributed by atoms with Gasteiger partial charge in [-0.2, -0.15) is 17.0 Å². The Labute approximate surface area is 182 Å². The number of piperazine rings is 1. The fourth-order valence-electron chi connectivity index (χ4n) is 4.50. The van der Waals surface area contributed by atoms with Crippen molar-refractivity contribution >= 4 is 27.0 Å². The van der Waals surface area contributed by atoms with E-state index in [-0.39, 0.29) is 43.4 Å². The van der Waals surface area contributed by atoms with Crippen LogP contribution in [0.4, 0.5) is 4.39 Å². The zero-order valence-corrected chi connectivity index (χ0v) is 18.9. The van der Waals surface area contributed by atoms with Crippen molar-refractivity contribution < 1.29 is 22.3 Å². The van der Waals surface area contributed by atoms with Gasteiger partial charge < -0.3 is 14.6 Å². The molecule has 0 bridgehead atoms. The summed E-state index contributed by atoms with van der Waals surface area (Å²) in [4.78, 5) is 17.8. The number of carbonyl (C=O) groups excluding carboxylic acids is 1. The molecular weight excluding hydrogens is 423 g/mol. The first kappa shape index (κ1) is 22.2. The summed E-state index contributed by atoms with van der Waals surface area (Å²) in [6.45, 7) is 7.47. The summed E-state index contributed by atoms with van der Waals surface area (Å²) >= 11 is 0. The number of carbonyl (C=O) groups is 1. The molecule has 10 heteroatoms. The third kappa shape index (κ3) is 4.48. The van der Waals surface area contributed by atoms with E-state index in [1.165, 1.54) is 20.7 Å². The molecule has 4 rings (SSSR count). The maximum Gasteiger partial charge on any atom is 0.282 e. The van der Waals surface area contributed by atoms with Crippen LogP contribution >= 0.6 is 0 Å². The van der Waals surface area contributed by atoms with Gasteiger partial charge in [0.25, 0.3) is 10.2 Å². The van der Waals surface area contributed by atoms with E-state index in [9.17, 15) is 17.6 Å². The zero-order valence-electron chi connectivity index (χ0n) is 18.1. The lowest BCUT2D eigenvalue weighted by Crippen LogP contribution is -2.57. The van der Waals surface area contributed by atoms with E-state index in [1.54, 1.807) is 11.0 Å². The molecule has 1 N–H and O–H groups in total. The molecule has 2 atom stereocenters. The summed E-state index contributed by atoms with van der Waals surface area (Å²) in [5.41, 5.74) is 2.42. The Morgan fingerprint density at radius 2 is 1.77 bits per heavy atom. The number of aryl methyl sites for hydroxylation is 1. The highest BCUT2D eigenvalue weighted by atomic mass is 32.2. The number of aromatic nitrogens is 1. The zero-order chi connectivity index (χ0) is 22.3. The third-order valence-electron chi connectivity index (χ3n) is 6.04. The van der Waals surface area contributed by atoms with Crippen molar-refractivity contribution in [1.82, 2.24) is 18.5 Å². The molecule has 170 valence electrons. The van der Waals surface area contributed by atoms with Gasteiger partial charge in [0.05, 0.1) is 18.6 Å². The lowest BCUT2D eigenvalue weighted by molar-refractivity contribution is -0.131. The molecule has 0 spiro atoms. The number of benzene rings is 1. The molecule has 2 aliphatic heterocycles. The molecule has 0 saturated carbocycles. The lowest BCUT2D eigenvalue weighted by atomic mass is 10.1. The number of morpholine rings is 1. The molecule has 2 saturated heterocycles. The average molecular weight is 453 g/mol. The number of ether oxygens (including phenoxy) is 1. The smallest absolute Gasteiger partial charge is 0.282 e. The van der Waals surface area contributed by atoms with Gasteiger partial charge in [-0.1, -0.05) is 0 Å². The van der Waals surface area contributed by atoms with Crippen molar-refractivity contribution in [2.75, 3.05) is 39.3 Å². The largest absolute Gasteiger partial charge is 0.373 e. The van der Waals surface area contributed by atoms with Crippen molar-refractivity contribution in [2.45, 2.75) is 39.4 Å². The van der Waals surface area contributed by atoms with Gasteiger partial charge in [0, 0.05) is 55.9 Å². The van der Waals surface area contributed by atoms with Crippen LogP contribution in [0.1, 0.15) is 25.1 Å².